The van der Waals surface area contributed by atoms with Crippen molar-refractivity contribution >= 4 is 10.9 Å². The normalized spacial score (nSPS) is 12.7. The van der Waals surface area contributed by atoms with Crippen LogP contribution in [0.4, 0.5) is 4.39 Å². The van der Waals surface area contributed by atoms with Gasteiger partial charge in [0.1, 0.15) is 5.82 Å². The third-order valence-corrected chi connectivity index (χ3v) is 3.93. The van der Waals surface area contributed by atoms with Crippen molar-refractivity contribution in [1.82, 2.24) is 9.88 Å². The van der Waals surface area contributed by atoms with E-state index in [1.165, 1.54) is 22.5 Å². The van der Waals surface area contributed by atoms with Gasteiger partial charge in [-0.2, -0.15) is 0 Å². The number of para-hydroxylation sites is 1. The average molecular weight is 282 g/mol. The predicted molar refractivity (Wildman–Crippen MR) is 84.6 cm³/mol. The maximum Gasteiger partial charge on any atom is 0.123 e. The Balaban J connectivity index is 1.77. The Morgan fingerprint density at radius 3 is 2.76 bits per heavy atom. The Morgan fingerprint density at radius 2 is 1.95 bits per heavy atom. The summed E-state index contributed by atoms with van der Waals surface area (Å²) in [7, 11) is 2.06. The molecule has 0 saturated carbocycles. The summed E-state index contributed by atoms with van der Waals surface area (Å²) in [6.07, 6.45) is 2.15. The molecule has 1 atom stereocenters. The number of hydrogen-bond donors (Lipinski definition) is 1. The lowest BCUT2D eigenvalue weighted by molar-refractivity contribution is 0.566. The molecule has 108 valence electrons. The number of aryl methyl sites for hydroxylation is 1. The van der Waals surface area contributed by atoms with Crippen molar-refractivity contribution in [2.75, 3.05) is 0 Å². The summed E-state index contributed by atoms with van der Waals surface area (Å²) < 4.78 is 15.4. The Hall–Kier alpha value is -2.13. The van der Waals surface area contributed by atoms with Crippen LogP contribution in [0.1, 0.15) is 24.1 Å². The van der Waals surface area contributed by atoms with Gasteiger partial charge in [-0.25, -0.2) is 4.39 Å². The summed E-state index contributed by atoms with van der Waals surface area (Å²) in [5.41, 5.74) is 3.46. The van der Waals surface area contributed by atoms with E-state index in [4.69, 9.17) is 0 Å². The zero-order valence-electron chi connectivity index (χ0n) is 12.3. The second kappa shape index (κ2) is 5.70. The van der Waals surface area contributed by atoms with E-state index in [9.17, 15) is 4.39 Å². The van der Waals surface area contributed by atoms with Crippen molar-refractivity contribution in [1.29, 1.82) is 0 Å². The summed E-state index contributed by atoms with van der Waals surface area (Å²) >= 11 is 0. The highest BCUT2D eigenvalue weighted by atomic mass is 19.1. The summed E-state index contributed by atoms with van der Waals surface area (Å²) in [5.74, 6) is -0.189. The second-order valence-corrected chi connectivity index (χ2v) is 5.44. The van der Waals surface area contributed by atoms with Crippen LogP contribution < -0.4 is 5.32 Å². The Bertz CT molecular complexity index is 761. The van der Waals surface area contributed by atoms with Crippen molar-refractivity contribution < 1.29 is 4.39 Å². The van der Waals surface area contributed by atoms with E-state index in [1.54, 1.807) is 12.1 Å². The first kappa shape index (κ1) is 13.8. The first-order chi connectivity index (χ1) is 10.1. The highest BCUT2D eigenvalue weighted by molar-refractivity contribution is 5.83. The van der Waals surface area contributed by atoms with Gasteiger partial charge in [-0.1, -0.05) is 30.3 Å². The fourth-order valence-corrected chi connectivity index (χ4v) is 2.72. The topological polar surface area (TPSA) is 17.0 Å². The van der Waals surface area contributed by atoms with Crippen molar-refractivity contribution in [2.24, 2.45) is 7.05 Å². The molecule has 0 aliphatic rings. The van der Waals surface area contributed by atoms with Crippen LogP contribution in [0, 0.1) is 5.82 Å². The fraction of sp³-hybridized carbons (Fsp3) is 0.222. The number of nitrogens with zero attached hydrogens (tertiary/aromatic N) is 1. The molecule has 3 rings (SSSR count). The van der Waals surface area contributed by atoms with Crippen LogP contribution in [-0.4, -0.2) is 4.57 Å². The van der Waals surface area contributed by atoms with Gasteiger partial charge in [0.05, 0.1) is 0 Å². The van der Waals surface area contributed by atoms with Crippen LogP contribution in [0.5, 0.6) is 0 Å². The SMILES string of the molecule is C[C@H](NCc1cn(C)c2ccccc12)c1cccc(F)c1. The first-order valence-corrected chi connectivity index (χ1v) is 7.17. The molecule has 0 unspecified atom stereocenters. The van der Waals surface area contributed by atoms with Crippen LogP contribution in [0.15, 0.2) is 54.7 Å². The van der Waals surface area contributed by atoms with Gasteiger partial charge in [0, 0.05) is 36.7 Å². The molecule has 21 heavy (non-hydrogen) atoms. The van der Waals surface area contributed by atoms with Gasteiger partial charge in [-0.3, -0.25) is 0 Å². The summed E-state index contributed by atoms with van der Waals surface area (Å²) in [6.45, 7) is 2.82. The van der Waals surface area contributed by atoms with Crippen LogP contribution in [0.3, 0.4) is 0 Å². The summed E-state index contributed by atoms with van der Waals surface area (Å²) in [6, 6.07) is 15.2. The molecule has 0 radical (unpaired) electrons. The Kier molecular flexibility index (Phi) is 3.76. The molecule has 1 N–H and O–H groups in total. The van der Waals surface area contributed by atoms with Gasteiger partial charge < -0.3 is 9.88 Å². The molecule has 2 aromatic carbocycles. The number of fused-ring (bicyclic) bond motifs is 1. The molecule has 2 nitrogen and oxygen atoms in total. The number of rotatable bonds is 4. The molecular weight excluding hydrogens is 263 g/mol. The van der Waals surface area contributed by atoms with E-state index in [0.29, 0.717) is 0 Å². The van der Waals surface area contributed by atoms with Gasteiger partial charge in [-0.05, 0) is 36.2 Å². The second-order valence-electron chi connectivity index (χ2n) is 5.44. The Morgan fingerprint density at radius 1 is 1.14 bits per heavy atom. The van der Waals surface area contributed by atoms with E-state index in [2.05, 4.69) is 54.3 Å². The average Bonchev–Trinajstić information content (AvgIpc) is 2.82. The number of benzene rings is 2. The van der Waals surface area contributed by atoms with Crippen LogP contribution in [0.25, 0.3) is 10.9 Å². The maximum atomic E-state index is 13.3. The standard InChI is InChI=1S/C18H19FN2/c1-13(14-6-5-7-16(19)10-14)20-11-15-12-21(2)18-9-4-3-8-17(15)18/h3-10,12-13,20H,11H2,1-2H3/t13-/m0/s1. The van der Waals surface area contributed by atoms with Crippen LogP contribution in [0.2, 0.25) is 0 Å². The first-order valence-electron chi connectivity index (χ1n) is 7.17. The van der Waals surface area contributed by atoms with Gasteiger partial charge >= 0.3 is 0 Å². The molecule has 0 fully saturated rings. The molecule has 0 spiro atoms. The van der Waals surface area contributed by atoms with E-state index in [0.717, 1.165) is 12.1 Å². The van der Waals surface area contributed by atoms with Gasteiger partial charge in [0.25, 0.3) is 0 Å². The predicted octanol–water partition coefficient (Wildman–Crippen LogP) is 4.17. The Labute approximate surface area is 124 Å². The number of aromatic nitrogens is 1. The molecule has 0 aliphatic carbocycles. The van der Waals surface area contributed by atoms with E-state index < -0.39 is 0 Å². The molecule has 3 aromatic rings. The van der Waals surface area contributed by atoms with Crippen molar-refractivity contribution in [2.45, 2.75) is 19.5 Å². The third kappa shape index (κ3) is 2.83. The minimum Gasteiger partial charge on any atom is -0.350 e. The highest BCUT2D eigenvalue weighted by Gasteiger charge is 2.09. The lowest BCUT2D eigenvalue weighted by atomic mass is 10.1. The van der Waals surface area contributed by atoms with E-state index in [1.807, 2.05) is 6.07 Å². The lowest BCUT2D eigenvalue weighted by Crippen LogP contribution is -2.18. The van der Waals surface area contributed by atoms with Crippen LogP contribution >= 0.6 is 0 Å². The van der Waals surface area contributed by atoms with Crippen molar-refractivity contribution in [3.05, 3.63) is 71.7 Å². The van der Waals surface area contributed by atoms with Gasteiger partial charge in [-0.15, -0.1) is 0 Å². The quantitative estimate of drug-likeness (QED) is 0.760. The number of nitrogens with one attached hydrogen (secondary N) is 1. The third-order valence-electron chi connectivity index (χ3n) is 3.93. The van der Waals surface area contributed by atoms with Gasteiger partial charge in [0.15, 0.2) is 0 Å². The smallest absolute Gasteiger partial charge is 0.123 e. The van der Waals surface area contributed by atoms with E-state index >= 15 is 0 Å². The molecule has 1 heterocycles. The number of halogens is 1. The highest BCUT2D eigenvalue weighted by Crippen LogP contribution is 2.21. The molecule has 1 aromatic heterocycles. The van der Waals surface area contributed by atoms with Crippen LogP contribution in [-0.2, 0) is 13.6 Å². The molecule has 0 amide bonds. The summed E-state index contributed by atoms with van der Waals surface area (Å²) in [4.78, 5) is 0. The summed E-state index contributed by atoms with van der Waals surface area (Å²) in [5, 5.41) is 4.73. The maximum absolute atomic E-state index is 13.3. The van der Waals surface area contributed by atoms with E-state index in [-0.39, 0.29) is 11.9 Å². The molecular formula is C18H19FN2. The zero-order chi connectivity index (χ0) is 14.8. The largest absolute Gasteiger partial charge is 0.350 e. The van der Waals surface area contributed by atoms with Gasteiger partial charge in [0.2, 0.25) is 0 Å². The fourth-order valence-electron chi connectivity index (χ4n) is 2.72. The monoisotopic (exact) mass is 282 g/mol. The molecule has 0 aliphatic heterocycles. The lowest BCUT2D eigenvalue weighted by Gasteiger charge is -2.14. The zero-order valence-corrected chi connectivity index (χ0v) is 12.3. The number of hydrogen-bond acceptors (Lipinski definition) is 1. The van der Waals surface area contributed by atoms with Crippen molar-refractivity contribution in [3.8, 4) is 0 Å². The minimum absolute atomic E-state index is 0.111. The molecule has 0 bridgehead atoms. The minimum atomic E-state index is -0.189. The van der Waals surface area contributed by atoms with Crippen molar-refractivity contribution in [3.63, 3.8) is 0 Å². The molecule has 0 saturated heterocycles. The molecule has 3 heteroatoms.